The predicted octanol–water partition coefficient (Wildman–Crippen LogP) is 1.01. The SMILES string of the molecule is CCCC(O)C(CC)CO.[Ca+2].[H-].[H-]. The summed E-state index contributed by atoms with van der Waals surface area (Å²) < 4.78 is 0. The van der Waals surface area contributed by atoms with Gasteiger partial charge >= 0.3 is 37.7 Å². The van der Waals surface area contributed by atoms with Gasteiger partial charge in [0.1, 0.15) is 0 Å². The van der Waals surface area contributed by atoms with E-state index < -0.39 is 0 Å². The standard InChI is InChI=1S/C8H18O2.Ca.2H/c1-3-5-8(10)7(4-2)6-9;;;/h7-10H,3-6H2,1-2H3;;;/q;+2;2*-1. The van der Waals surface area contributed by atoms with Crippen molar-refractivity contribution in [2.45, 2.75) is 39.2 Å². The Balaban J connectivity index is -0.000000135. The van der Waals surface area contributed by atoms with Crippen LogP contribution in [-0.4, -0.2) is 60.7 Å². The Bertz CT molecular complexity index is 82.5. The Morgan fingerprint density at radius 3 is 2.18 bits per heavy atom. The summed E-state index contributed by atoms with van der Waals surface area (Å²) >= 11 is 0. The molecule has 0 aromatic carbocycles. The number of hydrogen-bond acceptors (Lipinski definition) is 2. The minimum Gasteiger partial charge on any atom is -1.00 e. The molecule has 0 aliphatic rings. The molecule has 0 aliphatic carbocycles. The van der Waals surface area contributed by atoms with Gasteiger partial charge < -0.3 is 13.1 Å². The monoisotopic (exact) mass is 188 g/mol. The molecule has 0 heterocycles. The summed E-state index contributed by atoms with van der Waals surface area (Å²) in [6.45, 7) is 4.13. The zero-order chi connectivity index (χ0) is 7.98. The fourth-order valence-electron chi connectivity index (χ4n) is 1.05. The van der Waals surface area contributed by atoms with Gasteiger partial charge in [0, 0.05) is 12.5 Å². The van der Waals surface area contributed by atoms with Crippen molar-refractivity contribution in [3.8, 4) is 0 Å². The van der Waals surface area contributed by atoms with E-state index in [2.05, 4.69) is 0 Å². The summed E-state index contributed by atoms with van der Waals surface area (Å²) in [5, 5.41) is 18.1. The maximum absolute atomic E-state index is 9.35. The second-order valence-electron chi connectivity index (χ2n) is 2.71. The molecule has 0 bridgehead atoms. The van der Waals surface area contributed by atoms with Gasteiger partial charge in [-0.1, -0.05) is 20.3 Å². The quantitative estimate of drug-likeness (QED) is 0.632. The molecular weight excluding hydrogens is 168 g/mol. The predicted molar refractivity (Wildman–Crippen MR) is 49.8 cm³/mol. The van der Waals surface area contributed by atoms with Crippen LogP contribution < -0.4 is 0 Å². The van der Waals surface area contributed by atoms with Gasteiger partial charge in [-0.15, -0.1) is 0 Å². The van der Waals surface area contributed by atoms with Gasteiger partial charge in [-0.2, -0.15) is 0 Å². The van der Waals surface area contributed by atoms with Crippen LogP contribution in [-0.2, 0) is 0 Å². The largest absolute Gasteiger partial charge is 2.00 e. The van der Waals surface area contributed by atoms with Crippen molar-refractivity contribution in [1.82, 2.24) is 0 Å². The molecule has 0 rings (SSSR count). The molecule has 0 aromatic heterocycles. The third kappa shape index (κ3) is 6.35. The molecular formula is C8H20CaO2. The van der Waals surface area contributed by atoms with Gasteiger partial charge in [-0.3, -0.25) is 0 Å². The zero-order valence-electron chi connectivity index (χ0n) is 9.58. The van der Waals surface area contributed by atoms with E-state index in [1.54, 1.807) is 0 Å². The normalized spacial score (nSPS) is 15.3. The Morgan fingerprint density at radius 1 is 1.36 bits per heavy atom. The Labute approximate surface area is 102 Å². The van der Waals surface area contributed by atoms with Gasteiger partial charge in [0.2, 0.25) is 0 Å². The second-order valence-corrected chi connectivity index (χ2v) is 2.71. The van der Waals surface area contributed by atoms with E-state index in [0.29, 0.717) is 0 Å². The molecule has 0 aliphatic heterocycles. The van der Waals surface area contributed by atoms with Crippen LogP contribution in [0.2, 0.25) is 0 Å². The second kappa shape index (κ2) is 9.27. The smallest absolute Gasteiger partial charge is 1.00 e. The van der Waals surface area contributed by atoms with Crippen LogP contribution in [0, 0.1) is 5.92 Å². The third-order valence-corrected chi connectivity index (χ3v) is 1.89. The molecule has 0 spiro atoms. The van der Waals surface area contributed by atoms with Gasteiger partial charge in [0.25, 0.3) is 0 Å². The van der Waals surface area contributed by atoms with Crippen LogP contribution in [0.1, 0.15) is 36.0 Å². The molecule has 2 N–H and O–H groups in total. The molecule has 0 aromatic rings. The summed E-state index contributed by atoms with van der Waals surface area (Å²) in [5.41, 5.74) is 0. The fourth-order valence-corrected chi connectivity index (χ4v) is 1.05. The Hall–Kier alpha value is 1.18. The summed E-state index contributed by atoms with van der Waals surface area (Å²) in [5.74, 6) is 0.0833. The molecule has 2 unspecified atom stereocenters. The summed E-state index contributed by atoms with van der Waals surface area (Å²) in [6, 6.07) is 0. The van der Waals surface area contributed by atoms with Gasteiger partial charge in [0.05, 0.1) is 6.10 Å². The fraction of sp³-hybridized carbons (Fsp3) is 1.00. The maximum atomic E-state index is 9.35. The topological polar surface area (TPSA) is 40.5 Å². The molecule has 3 heteroatoms. The number of aliphatic hydroxyl groups excluding tert-OH is 2. The van der Waals surface area contributed by atoms with Crippen molar-refractivity contribution in [2.75, 3.05) is 6.61 Å². The average Bonchev–Trinajstić information content (AvgIpc) is 1.91. The van der Waals surface area contributed by atoms with E-state index in [4.69, 9.17) is 5.11 Å². The molecule has 0 saturated carbocycles. The van der Waals surface area contributed by atoms with Crippen LogP contribution in [0.25, 0.3) is 0 Å². The van der Waals surface area contributed by atoms with Crippen LogP contribution >= 0.6 is 0 Å². The molecule has 0 amide bonds. The molecule has 2 nitrogen and oxygen atoms in total. The molecule has 0 fully saturated rings. The van der Waals surface area contributed by atoms with Gasteiger partial charge in [0.15, 0.2) is 0 Å². The van der Waals surface area contributed by atoms with Crippen molar-refractivity contribution in [1.29, 1.82) is 0 Å². The third-order valence-electron chi connectivity index (χ3n) is 1.89. The number of aliphatic hydroxyl groups is 2. The zero-order valence-corrected chi connectivity index (χ0v) is 9.79. The van der Waals surface area contributed by atoms with Crippen molar-refractivity contribution in [3.63, 3.8) is 0 Å². The molecule has 2 atom stereocenters. The summed E-state index contributed by atoms with van der Waals surface area (Å²) in [6.07, 6.45) is 2.34. The summed E-state index contributed by atoms with van der Waals surface area (Å²) in [4.78, 5) is 0. The Kier molecular flexibility index (Phi) is 12.4. The Morgan fingerprint density at radius 2 is 1.91 bits per heavy atom. The van der Waals surface area contributed by atoms with E-state index in [1.165, 1.54) is 0 Å². The summed E-state index contributed by atoms with van der Waals surface area (Å²) in [7, 11) is 0. The minimum absolute atomic E-state index is 0. The van der Waals surface area contributed by atoms with Crippen LogP contribution in [0.3, 0.4) is 0 Å². The maximum Gasteiger partial charge on any atom is 2.00 e. The number of hydrogen-bond donors (Lipinski definition) is 2. The first-order chi connectivity index (χ1) is 4.76. The molecule has 11 heavy (non-hydrogen) atoms. The number of rotatable bonds is 5. The van der Waals surface area contributed by atoms with E-state index in [9.17, 15) is 5.11 Å². The average molecular weight is 188 g/mol. The van der Waals surface area contributed by atoms with Gasteiger partial charge in [-0.05, 0) is 12.8 Å². The van der Waals surface area contributed by atoms with Crippen molar-refractivity contribution < 1.29 is 13.1 Å². The first-order valence-electron chi connectivity index (χ1n) is 4.05. The van der Waals surface area contributed by atoms with Crippen molar-refractivity contribution >= 4 is 37.7 Å². The minimum atomic E-state index is -0.306. The molecule has 66 valence electrons. The molecule has 0 radical (unpaired) electrons. The molecule has 0 saturated heterocycles. The van der Waals surface area contributed by atoms with E-state index in [1.807, 2.05) is 13.8 Å². The van der Waals surface area contributed by atoms with E-state index in [-0.39, 0.29) is 59.2 Å². The first-order valence-corrected chi connectivity index (χ1v) is 4.05. The van der Waals surface area contributed by atoms with Crippen molar-refractivity contribution in [3.05, 3.63) is 0 Å². The van der Waals surface area contributed by atoms with E-state index in [0.717, 1.165) is 19.3 Å². The van der Waals surface area contributed by atoms with Crippen molar-refractivity contribution in [2.24, 2.45) is 5.92 Å². The van der Waals surface area contributed by atoms with E-state index >= 15 is 0 Å². The van der Waals surface area contributed by atoms with Crippen LogP contribution in [0.5, 0.6) is 0 Å². The van der Waals surface area contributed by atoms with Gasteiger partial charge in [-0.25, -0.2) is 0 Å². The first kappa shape index (κ1) is 14.7. The van der Waals surface area contributed by atoms with Crippen LogP contribution in [0.4, 0.5) is 0 Å². The van der Waals surface area contributed by atoms with Crippen LogP contribution in [0.15, 0.2) is 0 Å².